The number of carbonyl (C=O) groups is 4. The van der Waals surface area contributed by atoms with Crippen LogP contribution in [0.1, 0.15) is 90.1 Å². The lowest BCUT2D eigenvalue weighted by molar-refractivity contribution is -0.129. The van der Waals surface area contributed by atoms with Crippen LogP contribution in [0.2, 0.25) is 0 Å². The highest BCUT2D eigenvalue weighted by atomic mass is 32.2. The summed E-state index contributed by atoms with van der Waals surface area (Å²) < 4.78 is 14.2. The topological polar surface area (TPSA) is 96.4 Å². The summed E-state index contributed by atoms with van der Waals surface area (Å²) in [5.41, 5.74) is 1.44. The van der Waals surface area contributed by atoms with Crippen molar-refractivity contribution in [3.05, 3.63) is 65.2 Å². The summed E-state index contributed by atoms with van der Waals surface area (Å²) in [6.45, 7) is 1.14. The highest BCUT2D eigenvalue weighted by Gasteiger charge is 2.45. The van der Waals surface area contributed by atoms with Gasteiger partial charge in [0.05, 0.1) is 17.8 Å². The summed E-state index contributed by atoms with van der Waals surface area (Å²) in [5.74, 6) is 0.645. The molecule has 2 aliphatic carbocycles. The lowest BCUT2D eigenvalue weighted by Crippen LogP contribution is -2.46. The van der Waals surface area contributed by atoms with Crippen molar-refractivity contribution < 1.29 is 23.6 Å². The Labute approximate surface area is 256 Å². The van der Waals surface area contributed by atoms with E-state index in [9.17, 15) is 23.6 Å². The molecule has 0 bridgehead atoms. The second kappa shape index (κ2) is 13.3. The second-order valence-electron chi connectivity index (χ2n) is 12.7. The number of hydrogen-bond donors (Lipinski definition) is 1. The Bertz CT molecular complexity index is 1350. The molecular formula is C34H40FN3O4S. The number of nitrogens with zero attached hydrogens (tertiary/aromatic N) is 2. The molecule has 1 aromatic carbocycles. The number of fused-ring (bicyclic) bond motifs is 1. The number of benzene rings is 1. The SMILES string of the molecule is O=C1CC(C2CCC(NC(=O)C3CCN(C(=O)c4ccccc4)CC3)CC2)C(=O)C(C2CCSCC2)c2ncc(F)cc21. The molecule has 43 heavy (non-hydrogen) atoms. The minimum atomic E-state index is -0.541. The number of hydrogen-bond acceptors (Lipinski definition) is 6. The second-order valence-corrected chi connectivity index (χ2v) is 13.9. The zero-order valence-corrected chi connectivity index (χ0v) is 25.3. The first kappa shape index (κ1) is 30.0. The van der Waals surface area contributed by atoms with Gasteiger partial charge >= 0.3 is 0 Å². The molecule has 6 rings (SSSR count). The molecule has 0 spiro atoms. The van der Waals surface area contributed by atoms with Gasteiger partial charge in [-0.1, -0.05) is 18.2 Å². The molecule has 2 aliphatic heterocycles. The molecule has 228 valence electrons. The Morgan fingerprint density at radius 2 is 1.60 bits per heavy atom. The predicted octanol–water partition coefficient (Wildman–Crippen LogP) is 5.45. The van der Waals surface area contributed by atoms with Crippen molar-refractivity contribution in [2.75, 3.05) is 24.6 Å². The van der Waals surface area contributed by atoms with E-state index in [0.29, 0.717) is 37.2 Å². The molecule has 2 unspecified atom stereocenters. The van der Waals surface area contributed by atoms with Crippen molar-refractivity contribution in [1.29, 1.82) is 0 Å². The zero-order valence-electron chi connectivity index (χ0n) is 24.5. The van der Waals surface area contributed by atoms with E-state index in [1.807, 2.05) is 47.0 Å². The van der Waals surface area contributed by atoms with Crippen LogP contribution < -0.4 is 5.32 Å². The summed E-state index contributed by atoms with van der Waals surface area (Å²) in [7, 11) is 0. The first-order valence-corrected chi connectivity index (χ1v) is 17.0. The number of rotatable bonds is 5. The van der Waals surface area contributed by atoms with E-state index in [1.165, 1.54) is 6.07 Å². The normalized spacial score (nSPS) is 27.3. The fraction of sp³-hybridized carbons (Fsp3) is 0.559. The van der Waals surface area contributed by atoms with Gasteiger partial charge in [0.1, 0.15) is 11.6 Å². The molecule has 2 atom stereocenters. The van der Waals surface area contributed by atoms with Crippen LogP contribution in [0, 0.1) is 29.5 Å². The molecule has 2 aromatic rings. The molecule has 1 saturated carbocycles. The lowest BCUT2D eigenvalue weighted by Gasteiger charge is -2.36. The van der Waals surface area contributed by atoms with Crippen LogP contribution in [0.5, 0.6) is 0 Å². The minimum absolute atomic E-state index is 0.0120. The number of ketones is 2. The lowest BCUT2D eigenvalue weighted by atomic mass is 9.70. The number of nitrogens with one attached hydrogen (secondary N) is 1. The van der Waals surface area contributed by atoms with Crippen LogP contribution in [-0.2, 0) is 9.59 Å². The first-order valence-electron chi connectivity index (χ1n) is 15.8. The molecule has 3 heterocycles. The van der Waals surface area contributed by atoms with E-state index in [0.717, 1.165) is 56.2 Å². The summed E-state index contributed by atoms with van der Waals surface area (Å²) in [6, 6.07) is 10.6. The van der Waals surface area contributed by atoms with Gasteiger partial charge in [0.2, 0.25) is 5.91 Å². The maximum atomic E-state index is 14.2. The molecule has 7 nitrogen and oxygen atoms in total. The Kier molecular flexibility index (Phi) is 9.26. The third-order valence-electron chi connectivity index (χ3n) is 10.2. The van der Waals surface area contributed by atoms with Crippen LogP contribution >= 0.6 is 11.8 Å². The number of piperidine rings is 1. The molecule has 1 N–H and O–H groups in total. The third kappa shape index (κ3) is 6.56. The van der Waals surface area contributed by atoms with Gasteiger partial charge in [-0.05, 0) is 92.9 Å². The van der Waals surface area contributed by atoms with E-state index in [-0.39, 0.29) is 59.2 Å². The molecule has 0 radical (unpaired) electrons. The van der Waals surface area contributed by atoms with E-state index in [1.54, 1.807) is 0 Å². The first-order chi connectivity index (χ1) is 20.9. The van der Waals surface area contributed by atoms with E-state index in [4.69, 9.17) is 0 Å². The fourth-order valence-electron chi connectivity index (χ4n) is 7.69. The number of Topliss-reactive ketones (excluding diaryl/α,β-unsaturated/α-hetero) is 2. The number of halogens is 1. The van der Waals surface area contributed by atoms with Gasteiger partial charge < -0.3 is 10.2 Å². The Morgan fingerprint density at radius 1 is 0.907 bits per heavy atom. The smallest absolute Gasteiger partial charge is 0.253 e. The molecule has 4 aliphatic rings. The molecule has 9 heteroatoms. The Morgan fingerprint density at radius 3 is 2.30 bits per heavy atom. The van der Waals surface area contributed by atoms with Crippen molar-refractivity contribution in [3.63, 3.8) is 0 Å². The van der Waals surface area contributed by atoms with Gasteiger partial charge in [-0.3, -0.25) is 24.2 Å². The van der Waals surface area contributed by atoms with Gasteiger partial charge in [0.15, 0.2) is 5.78 Å². The largest absolute Gasteiger partial charge is 0.353 e. The Hall–Kier alpha value is -3.07. The Balaban J connectivity index is 1.05. The molecular weight excluding hydrogens is 565 g/mol. The zero-order chi connectivity index (χ0) is 29.9. The molecule has 2 saturated heterocycles. The quantitative estimate of drug-likeness (QED) is 0.456. The minimum Gasteiger partial charge on any atom is -0.353 e. The van der Waals surface area contributed by atoms with Gasteiger partial charge in [-0.25, -0.2) is 4.39 Å². The van der Waals surface area contributed by atoms with Gasteiger partial charge in [0, 0.05) is 48.5 Å². The van der Waals surface area contributed by atoms with Crippen molar-refractivity contribution in [2.24, 2.45) is 23.7 Å². The molecule has 2 amide bonds. The van der Waals surface area contributed by atoms with Gasteiger partial charge in [-0.2, -0.15) is 11.8 Å². The summed E-state index contributed by atoms with van der Waals surface area (Å²) in [6.07, 6.45) is 7.42. The maximum absolute atomic E-state index is 14.2. The summed E-state index contributed by atoms with van der Waals surface area (Å²) in [5, 5.41) is 3.25. The van der Waals surface area contributed by atoms with E-state index < -0.39 is 17.7 Å². The summed E-state index contributed by atoms with van der Waals surface area (Å²) in [4.78, 5) is 59.6. The number of likely N-dealkylation sites (tertiary alicyclic amines) is 1. The van der Waals surface area contributed by atoms with Crippen molar-refractivity contribution in [3.8, 4) is 0 Å². The van der Waals surface area contributed by atoms with Crippen molar-refractivity contribution in [2.45, 2.75) is 69.7 Å². The number of amides is 2. The number of aromatic nitrogens is 1. The van der Waals surface area contributed by atoms with Crippen LogP contribution in [0.3, 0.4) is 0 Å². The van der Waals surface area contributed by atoms with Crippen LogP contribution in [0.15, 0.2) is 42.6 Å². The summed E-state index contributed by atoms with van der Waals surface area (Å²) >= 11 is 1.89. The number of thioether (sulfide) groups is 1. The standard InChI is InChI=1S/C34H40FN3O4S/c35-25-18-28-29(39)19-27(32(40)30(31(28)36-20-25)22-12-16-43-17-13-22)21-6-8-26(9-7-21)37-33(41)23-10-14-38(15-11-23)34(42)24-4-2-1-3-5-24/h1-5,18,20-23,26-27,30H,6-17,19H2,(H,37,41). The third-order valence-corrected chi connectivity index (χ3v) is 11.2. The van der Waals surface area contributed by atoms with E-state index in [2.05, 4.69) is 10.3 Å². The van der Waals surface area contributed by atoms with Gasteiger partial charge in [0.25, 0.3) is 5.91 Å². The van der Waals surface area contributed by atoms with Gasteiger partial charge in [-0.15, -0.1) is 0 Å². The average molecular weight is 606 g/mol. The fourth-order valence-corrected chi connectivity index (χ4v) is 8.84. The van der Waals surface area contributed by atoms with Crippen LogP contribution in [-0.4, -0.2) is 63.9 Å². The highest BCUT2D eigenvalue weighted by molar-refractivity contribution is 7.99. The predicted molar refractivity (Wildman–Crippen MR) is 163 cm³/mol. The van der Waals surface area contributed by atoms with Crippen molar-refractivity contribution in [1.82, 2.24) is 15.2 Å². The highest BCUT2D eigenvalue weighted by Crippen LogP contribution is 2.44. The number of pyridine rings is 1. The van der Waals surface area contributed by atoms with Crippen molar-refractivity contribution >= 4 is 35.1 Å². The van der Waals surface area contributed by atoms with Crippen LogP contribution in [0.4, 0.5) is 4.39 Å². The maximum Gasteiger partial charge on any atom is 0.253 e. The molecule has 3 fully saturated rings. The molecule has 1 aromatic heterocycles. The number of carbonyl (C=O) groups excluding carboxylic acids is 4. The average Bonchev–Trinajstić information content (AvgIpc) is 3.15. The van der Waals surface area contributed by atoms with Crippen LogP contribution in [0.25, 0.3) is 0 Å². The monoisotopic (exact) mass is 605 g/mol. The van der Waals surface area contributed by atoms with E-state index >= 15 is 0 Å².